The van der Waals surface area contributed by atoms with E-state index >= 15 is 4.39 Å². The first-order valence-corrected chi connectivity index (χ1v) is 15.8. The molecule has 6 aromatic rings. The van der Waals surface area contributed by atoms with Crippen LogP contribution in [0.3, 0.4) is 0 Å². The summed E-state index contributed by atoms with van der Waals surface area (Å²) in [6, 6.07) is 26.5. The van der Waals surface area contributed by atoms with Gasteiger partial charge in [-0.25, -0.2) is 9.37 Å². The summed E-state index contributed by atoms with van der Waals surface area (Å²) in [4.78, 5) is 21.5. The molecule has 8 heteroatoms. The maximum atomic E-state index is 15.4. The summed E-state index contributed by atoms with van der Waals surface area (Å²) in [5.41, 5.74) is 7.58. The zero-order chi connectivity index (χ0) is 31.7. The molecule has 45 heavy (non-hydrogen) atoms. The molecule has 0 aliphatic rings. The summed E-state index contributed by atoms with van der Waals surface area (Å²) in [5.74, 6) is -0.0485. The third-order valence-corrected chi connectivity index (χ3v) is 9.26. The Balaban J connectivity index is 1.49. The Hall–Kier alpha value is -4.82. The maximum Gasteiger partial charge on any atom is 0.262 e. The van der Waals surface area contributed by atoms with E-state index in [0.717, 1.165) is 43.4 Å². The van der Waals surface area contributed by atoms with Gasteiger partial charge in [-0.1, -0.05) is 66.7 Å². The molecule has 0 fully saturated rings. The van der Waals surface area contributed by atoms with Crippen molar-refractivity contribution in [2.45, 2.75) is 47.3 Å². The molecule has 0 atom stereocenters. The summed E-state index contributed by atoms with van der Waals surface area (Å²) >= 11 is 1.58. The number of aromatic nitrogens is 4. The van der Waals surface area contributed by atoms with E-state index in [2.05, 4.69) is 25.0 Å². The van der Waals surface area contributed by atoms with E-state index in [9.17, 15) is 4.79 Å². The van der Waals surface area contributed by atoms with Gasteiger partial charge in [-0.2, -0.15) is 5.10 Å². The fourth-order valence-corrected chi connectivity index (χ4v) is 6.94. The van der Waals surface area contributed by atoms with Gasteiger partial charge in [0.25, 0.3) is 5.56 Å². The average molecular weight is 619 g/mol. The van der Waals surface area contributed by atoms with E-state index in [1.807, 2.05) is 86.2 Å². The van der Waals surface area contributed by atoms with Crippen LogP contribution in [0.15, 0.2) is 89.7 Å². The van der Waals surface area contributed by atoms with Gasteiger partial charge in [-0.05, 0) is 69.0 Å². The molecule has 0 saturated carbocycles. The Morgan fingerprint density at radius 2 is 1.51 bits per heavy atom. The van der Waals surface area contributed by atoms with Crippen molar-refractivity contribution in [1.29, 1.82) is 0 Å². The van der Waals surface area contributed by atoms with Crippen LogP contribution < -0.4 is 10.3 Å². The quantitative estimate of drug-likeness (QED) is 0.164. The van der Waals surface area contributed by atoms with Gasteiger partial charge in [0.1, 0.15) is 12.4 Å². The van der Waals surface area contributed by atoms with Crippen LogP contribution in [-0.4, -0.2) is 19.3 Å². The monoisotopic (exact) mass is 618 g/mol. The molecule has 0 bridgehead atoms. The first-order chi connectivity index (χ1) is 21.7. The highest BCUT2D eigenvalue weighted by Crippen LogP contribution is 2.40. The molecule has 6 rings (SSSR count). The minimum absolute atomic E-state index is 0.0747. The van der Waals surface area contributed by atoms with Crippen molar-refractivity contribution in [2.75, 3.05) is 0 Å². The van der Waals surface area contributed by atoms with E-state index in [4.69, 9.17) is 9.72 Å². The van der Waals surface area contributed by atoms with Crippen LogP contribution >= 0.6 is 11.3 Å². The van der Waals surface area contributed by atoms with E-state index < -0.39 is 5.82 Å². The Morgan fingerprint density at radius 1 is 0.822 bits per heavy atom. The topological polar surface area (TPSA) is 61.9 Å². The van der Waals surface area contributed by atoms with Gasteiger partial charge in [-0.15, -0.1) is 11.3 Å². The van der Waals surface area contributed by atoms with Gasteiger partial charge in [0.05, 0.1) is 22.5 Å². The number of hydrogen-bond donors (Lipinski definition) is 0. The SMILES string of the molecule is Cc1nn(C)c(C)c1-c1cc(-c2c(C)nc(-c3cccc(F)c3OCc3ccccc3)n(CCc3ccccc3)c2=O)sc1C. The molecule has 0 saturated heterocycles. The standard InChI is InChI=1S/C37H35FN4O2S/c1-23-34(32-21-30(26(4)45-32)33-24(2)40-41(5)25(33)3)37(43)42(20-19-27-13-8-6-9-14-27)36(39-23)29-17-12-18-31(38)35(29)44-22-28-15-10-7-11-16-28/h6-18,21H,19-20,22H2,1-5H3. The van der Waals surface area contributed by atoms with Crippen LogP contribution in [0.4, 0.5) is 4.39 Å². The lowest BCUT2D eigenvalue weighted by Gasteiger charge is -2.18. The largest absolute Gasteiger partial charge is 0.485 e. The van der Waals surface area contributed by atoms with Crippen molar-refractivity contribution in [2.24, 2.45) is 7.05 Å². The lowest BCUT2D eigenvalue weighted by atomic mass is 10.0. The van der Waals surface area contributed by atoms with Gasteiger partial charge in [0.15, 0.2) is 11.6 Å². The summed E-state index contributed by atoms with van der Waals surface area (Å²) in [6.07, 6.45) is 0.607. The molecule has 0 amide bonds. The highest BCUT2D eigenvalue weighted by molar-refractivity contribution is 7.16. The first-order valence-electron chi connectivity index (χ1n) is 14.9. The van der Waals surface area contributed by atoms with Crippen LogP contribution in [-0.2, 0) is 26.6 Å². The summed E-state index contributed by atoms with van der Waals surface area (Å²) < 4.78 is 25.0. The van der Waals surface area contributed by atoms with Gasteiger partial charge in [0, 0.05) is 34.6 Å². The van der Waals surface area contributed by atoms with Crippen LogP contribution in [0.1, 0.15) is 33.1 Å². The Bertz CT molecular complexity index is 2050. The van der Waals surface area contributed by atoms with Crippen LogP contribution in [0.25, 0.3) is 33.0 Å². The number of thiophene rings is 1. The molecular weight excluding hydrogens is 583 g/mol. The number of para-hydroxylation sites is 1. The molecule has 0 aliphatic carbocycles. The third-order valence-electron chi connectivity index (χ3n) is 8.19. The van der Waals surface area contributed by atoms with Gasteiger partial charge >= 0.3 is 0 Å². The number of nitrogens with zero attached hydrogens (tertiary/aromatic N) is 4. The molecule has 0 N–H and O–H groups in total. The highest BCUT2D eigenvalue weighted by atomic mass is 32.1. The highest BCUT2D eigenvalue weighted by Gasteiger charge is 2.24. The Morgan fingerprint density at radius 3 is 2.18 bits per heavy atom. The van der Waals surface area contributed by atoms with Crippen molar-refractivity contribution in [3.05, 3.63) is 134 Å². The number of hydrogen-bond acceptors (Lipinski definition) is 5. The van der Waals surface area contributed by atoms with E-state index in [1.165, 1.54) is 6.07 Å². The molecule has 0 spiro atoms. The second kappa shape index (κ2) is 12.7. The first kappa shape index (κ1) is 30.2. The van der Waals surface area contributed by atoms with Gasteiger partial charge < -0.3 is 4.74 Å². The molecule has 3 aromatic heterocycles. The molecule has 3 aromatic carbocycles. The number of rotatable bonds is 9. The minimum atomic E-state index is -0.505. The smallest absolute Gasteiger partial charge is 0.262 e. The molecule has 228 valence electrons. The predicted molar refractivity (Wildman–Crippen MR) is 179 cm³/mol. The third kappa shape index (κ3) is 5.98. The lowest BCUT2D eigenvalue weighted by Crippen LogP contribution is -2.27. The molecule has 3 heterocycles. The van der Waals surface area contributed by atoms with Crippen molar-refractivity contribution in [1.82, 2.24) is 19.3 Å². The second-order valence-electron chi connectivity index (χ2n) is 11.2. The van der Waals surface area contributed by atoms with Crippen LogP contribution in [0, 0.1) is 33.5 Å². The van der Waals surface area contributed by atoms with Crippen molar-refractivity contribution >= 4 is 11.3 Å². The number of aryl methyl sites for hydroxylation is 5. The van der Waals surface area contributed by atoms with E-state index in [1.54, 1.807) is 28.0 Å². The van der Waals surface area contributed by atoms with E-state index in [-0.39, 0.29) is 17.9 Å². The lowest BCUT2D eigenvalue weighted by molar-refractivity contribution is 0.291. The van der Waals surface area contributed by atoms with Gasteiger partial charge in [-0.3, -0.25) is 14.0 Å². The van der Waals surface area contributed by atoms with Crippen LogP contribution in [0.2, 0.25) is 0 Å². The Labute approximate surface area is 266 Å². The fourth-order valence-electron chi connectivity index (χ4n) is 5.82. The molecular formula is C37H35FN4O2S. The fraction of sp³-hybridized carbons (Fsp3) is 0.216. The number of benzene rings is 3. The maximum absolute atomic E-state index is 15.4. The van der Waals surface area contributed by atoms with Crippen molar-refractivity contribution < 1.29 is 9.13 Å². The summed E-state index contributed by atoms with van der Waals surface area (Å²) in [7, 11) is 1.94. The van der Waals surface area contributed by atoms with Gasteiger partial charge in [0.2, 0.25) is 0 Å². The number of ether oxygens (including phenoxy) is 1. The molecule has 6 nitrogen and oxygen atoms in total. The zero-order valence-corrected chi connectivity index (χ0v) is 26.9. The average Bonchev–Trinajstić information content (AvgIpc) is 3.52. The Kier molecular flexibility index (Phi) is 8.50. The predicted octanol–water partition coefficient (Wildman–Crippen LogP) is 8.23. The zero-order valence-electron chi connectivity index (χ0n) is 26.1. The molecule has 0 aliphatic heterocycles. The second-order valence-corrected chi connectivity index (χ2v) is 12.5. The minimum Gasteiger partial charge on any atom is -0.485 e. The normalized spacial score (nSPS) is 11.2. The summed E-state index contributed by atoms with van der Waals surface area (Å²) in [5, 5.41) is 4.61. The molecule has 0 unspecified atom stereocenters. The van der Waals surface area contributed by atoms with Crippen molar-refractivity contribution in [3.8, 4) is 38.7 Å². The van der Waals surface area contributed by atoms with Crippen LogP contribution in [0.5, 0.6) is 5.75 Å². The number of halogens is 1. The molecule has 0 radical (unpaired) electrons. The van der Waals surface area contributed by atoms with E-state index in [0.29, 0.717) is 35.6 Å². The van der Waals surface area contributed by atoms with Crippen molar-refractivity contribution in [3.63, 3.8) is 0 Å². The summed E-state index contributed by atoms with van der Waals surface area (Å²) in [6.45, 7) is 8.54.